The topological polar surface area (TPSA) is 99.7 Å². The number of carbonyl (C=O) groups excluding carboxylic acids is 1. The number of hydrogen-bond acceptors (Lipinski definition) is 6. The highest BCUT2D eigenvalue weighted by Gasteiger charge is 2.23. The summed E-state index contributed by atoms with van der Waals surface area (Å²) >= 11 is 3.44. The van der Waals surface area contributed by atoms with Crippen molar-refractivity contribution in [3.05, 3.63) is 63.5 Å². The van der Waals surface area contributed by atoms with E-state index in [-0.39, 0.29) is 24.0 Å². The van der Waals surface area contributed by atoms with Crippen LogP contribution in [0.1, 0.15) is 60.9 Å². The molecule has 0 bridgehead atoms. The smallest absolute Gasteiger partial charge is 0.211 e. The fourth-order valence-electron chi connectivity index (χ4n) is 3.50. The van der Waals surface area contributed by atoms with Crippen LogP contribution in [0.15, 0.2) is 41.0 Å². The minimum absolute atomic E-state index is 0.0225. The number of aromatic nitrogens is 2. The molecule has 1 atom stereocenters. The average molecular weight is 513 g/mol. The number of aliphatic hydroxyl groups is 1. The van der Waals surface area contributed by atoms with E-state index in [1.807, 2.05) is 38.2 Å². The summed E-state index contributed by atoms with van der Waals surface area (Å²) in [7, 11) is 0. The Kier molecular flexibility index (Phi) is 8.61. The van der Waals surface area contributed by atoms with E-state index in [9.17, 15) is 15.2 Å². The number of aryl methyl sites for hydroxylation is 1. The second kappa shape index (κ2) is 11.4. The Morgan fingerprint density at radius 1 is 1.36 bits per heavy atom. The number of ether oxygens (including phenoxy) is 1. The molecular weight excluding hydrogens is 484 g/mol. The maximum absolute atomic E-state index is 13.6. The Labute approximate surface area is 202 Å². The predicted molar refractivity (Wildman–Crippen MR) is 131 cm³/mol. The number of imidazole rings is 1. The molecule has 0 spiro atoms. The fraction of sp³-hybridized carbons (Fsp3) is 0.400. The zero-order valence-electron chi connectivity index (χ0n) is 19.1. The predicted octanol–water partition coefficient (Wildman–Crippen LogP) is 4.28. The van der Waals surface area contributed by atoms with Crippen LogP contribution in [-0.2, 0) is 6.42 Å². The number of nitrogens with one attached hydrogen (secondary N) is 1. The zero-order chi connectivity index (χ0) is 24.0. The number of hydrogen-bond donors (Lipinski definition) is 2. The van der Waals surface area contributed by atoms with Gasteiger partial charge in [-0.15, -0.1) is 0 Å². The number of pyridine rings is 1. The standard InChI is InChI=1S/C25H29BrN4O3/c1-4-5-8-21-23(30-10-7-6-9-22(30)29-21)24(32)17-11-18(13-27)25(20(26)12-17)33-15-19(31)14-28-16(2)3/h6-7,9-12,16,19,28,31H,4-5,8,14-15H2,1-3H3. The van der Waals surface area contributed by atoms with E-state index in [0.29, 0.717) is 34.4 Å². The number of unbranched alkanes of at least 4 members (excludes halogenated alkanes) is 1. The molecule has 0 saturated heterocycles. The summed E-state index contributed by atoms with van der Waals surface area (Å²) in [6, 6.07) is 11.2. The molecule has 0 radical (unpaired) electrons. The van der Waals surface area contributed by atoms with Crippen molar-refractivity contribution < 1.29 is 14.6 Å². The molecule has 2 heterocycles. The number of benzene rings is 1. The van der Waals surface area contributed by atoms with Gasteiger partial charge in [-0.3, -0.25) is 9.20 Å². The lowest BCUT2D eigenvalue weighted by molar-refractivity contribution is 0.102. The summed E-state index contributed by atoms with van der Waals surface area (Å²) in [6.07, 6.45) is 3.73. The quantitative estimate of drug-likeness (QED) is 0.372. The molecular formula is C25H29BrN4O3. The molecule has 33 heavy (non-hydrogen) atoms. The van der Waals surface area contributed by atoms with E-state index < -0.39 is 6.10 Å². The van der Waals surface area contributed by atoms with E-state index in [0.717, 1.165) is 24.2 Å². The van der Waals surface area contributed by atoms with E-state index in [4.69, 9.17) is 4.74 Å². The van der Waals surface area contributed by atoms with Gasteiger partial charge < -0.3 is 15.2 Å². The van der Waals surface area contributed by atoms with E-state index >= 15 is 0 Å². The van der Waals surface area contributed by atoms with Crippen LogP contribution >= 0.6 is 15.9 Å². The molecule has 174 valence electrons. The van der Waals surface area contributed by atoms with Gasteiger partial charge in [-0.05, 0) is 53.0 Å². The molecule has 1 unspecified atom stereocenters. The zero-order valence-corrected chi connectivity index (χ0v) is 20.7. The number of halogens is 1. The van der Waals surface area contributed by atoms with Crippen LogP contribution in [0, 0.1) is 11.3 Å². The number of nitrogens with zero attached hydrogens (tertiary/aromatic N) is 3. The van der Waals surface area contributed by atoms with Crippen molar-refractivity contribution in [1.29, 1.82) is 5.26 Å². The lowest BCUT2D eigenvalue weighted by Crippen LogP contribution is -2.35. The maximum Gasteiger partial charge on any atom is 0.211 e. The first-order valence-corrected chi connectivity index (χ1v) is 11.9. The summed E-state index contributed by atoms with van der Waals surface area (Å²) in [5.74, 6) is 0.103. The lowest BCUT2D eigenvalue weighted by atomic mass is 10.0. The van der Waals surface area contributed by atoms with Gasteiger partial charge in [-0.2, -0.15) is 5.26 Å². The number of fused-ring (bicyclic) bond motifs is 1. The van der Waals surface area contributed by atoms with Crippen LogP contribution in [0.2, 0.25) is 0 Å². The van der Waals surface area contributed by atoms with Gasteiger partial charge in [-0.25, -0.2) is 4.98 Å². The molecule has 0 fully saturated rings. The van der Waals surface area contributed by atoms with Crippen LogP contribution < -0.4 is 10.1 Å². The third-order valence-corrected chi connectivity index (χ3v) is 5.78. The first-order valence-electron chi connectivity index (χ1n) is 11.1. The minimum atomic E-state index is -0.730. The van der Waals surface area contributed by atoms with Crippen molar-refractivity contribution in [3.63, 3.8) is 0 Å². The number of ketones is 1. The summed E-state index contributed by atoms with van der Waals surface area (Å²) in [4.78, 5) is 18.2. The van der Waals surface area contributed by atoms with Crippen molar-refractivity contribution in [2.24, 2.45) is 0 Å². The molecule has 3 rings (SSSR count). The van der Waals surface area contributed by atoms with Gasteiger partial charge in [0.15, 0.2) is 5.75 Å². The van der Waals surface area contributed by atoms with E-state index in [1.165, 1.54) is 6.07 Å². The second-order valence-electron chi connectivity index (χ2n) is 8.24. The van der Waals surface area contributed by atoms with Crippen molar-refractivity contribution in [3.8, 4) is 11.8 Å². The van der Waals surface area contributed by atoms with E-state index in [2.05, 4.69) is 39.2 Å². The average Bonchev–Trinajstić information content (AvgIpc) is 3.17. The maximum atomic E-state index is 13.6. The van der Waals surface area contributed by atoms with Gasteiger partial charge in [0.1, 0.15) is 30.1 Å². The third kappa shape index (κ3) is 5.99. The summed E-state index contributed by atoms with van der Waals surface area (Å²) in [5.41, 5.74) is 2.58. The van der Waals surface area contributed by atoms with Gasteiger partial charge in [0.25, 0.3) is 0 Å². The molecule has 1 aromatic carbocycles. The monoisotopic (exact) mass is 512 g/mol. The first kappa shape index (κ1) is 24.9. The lowest BCUT2D eigenvalue weighted by Gasteiger charge is -2.17. The van der Waals surface area contributed by atoms with Gasteiger partial charge >= 0.3 is 0 Å². The van der Waals surface area contributed by atoms with Crippen molar-refractivity contribution in [2.45, 2.75) is 52.2 Å². The molecule has 0 aliphatic carbocycles. The molecule has 0 aliphatic rings. The Hall–Kier alpha value is -2.73. The molecule has 2 N–H and O–H groups in total. The summed E-state index contributed by atoms with van der Waals surface area (Å²) in [6.45, 7) is 6.48. The number of rotatable bonds is 11. The minimum Gasteiger partial charge on any atom is -0.488 e. The highest BCUT2D eigenvalue weighted by Crippen LogP contribution is 2.32. The molecule has 8 heteroatoms. The second-order valence-corrected chi connectivity index (χ2v) is 9.10. The molecule has 0 aliphatic heterocycles. The molecule has 3 aromatic rings. The van der Waals surface area contributed by atoms with Crippen molar-refractivity contribution in [1.82, 2.24) is 14.7 Å². The van der Waals surface area contributed by atoms with Crippen LogP contribution in [0.3, 0.4) is 0 Å². The van der Waals surface area contributed by atoms with Gasteiger partial charge in [0.05, 0.1) is 15.7 Å². The molecule has 7 nitrogen and oxygen atoms in total. The number of carbonyl (C=O) groups is 1. The molecule has 0 amide bonds. The van der Waals surface area contributed by atoms with Crippen molar-refractivity contribution >= 4 is 27.4 Å². The SMILES string of the molecule is CCCCc1nc2ccccn2c1C(=O)c1cc(Br)c(OCC(O)CNC(C)C)c(C#N)c1. The number of aliphatic hydroxyl groups excluding tert-OH is 1. The largest absolute Gasteiger partial charge is 0.488 e. The van der Waals surface area contributed by atoms with Gasteiger partial charge in [-0.1, -0.05) is 33.3 Å². The molecule has 2 aromatic heterocycles. The van der Waals surface area contributed by atoms with Gasteiger partial charge in [0, 0.05) is 24.3 Å². The third-order valence-electron chi connectivity index (χ3n) is 5.19. The summed E-state index contributed by atoms with van der Waals surface area (Å²) in [5, 5.41) is 23.0. The van der Waals surface area contributed by atoms with Crippen LogP contribution in [0.4, 0.5) is 0 Å². The van der Waals surface area contributed by atoms with E-state index in [1.54, 1.807) is 10.5 Å². The Balaban J connectivity index is 1.91. The molecule has 0 saturated carbocycles. The van der Waals surface area contributed by atoms with Crippen LogP contribution in [0.5, 0.6) is 5.75 Å². The Morgan fingerprint density at radius 3 is 2.85 bits per heavy atom. The normalized spacial score (nSPS) is 12.2. The highest BCUT2D eigenvalue weighted by atomic mass is 79.9. The Morgan fingerprint density at radius 2 is 2.15 bits per heavy atom. The fourth-order valence-corrected chi connectivity index (χ4v) is 4.08. The first-order chi connectivity index (χ1) is 15.8. The number of nitriles is 1. The highest BCUT2D eigenvalue weighted by molar-refractivity contribution is 9.10. The van der Waals surface area contributed by atoms with Crippen LogP contribution in [-0.4, -0.2) is 45.6 Å². The Bertz CT molecular complexity index is 1170. The van der Waals surface area contributed by atoms with Crippen molar-refractivity contribution in [2.75, 3.05) is 13.2 Å². The van der Waals surface area contributed by atoms with Crippen LogP contribution in [0.25, 0.3) is 5.65 Å². The van der Waals surface area contributed by atoms with Gasteiger partial charge in [0.2, 0.25) is 5.78 Å². The summed E-state index contributed by atoms with van der Waals surface area (Å²) < 4.78 is 8.02.